The van der Waals surface area contributed by atoms with Crippen molar-refractivity contribution in [3.8, 4) is 67.2 Å². The highest BCUT2D eigenvalue weighted by Crippen LogP contribution is 2.48. The number of para-hydroxylation sites is 3. The monoisotopic (exact) mass is 1470 g/mol. The molecule has 0 radical (unpaired) electrons. The minimum atomic E-state index is 0.644. The minimum absolute atomic E-state index is 0.644. The fourth-order valence-corrected chi connectivity index (χ4v) is 17.9. The van der Waals surface area contributed by atoms with Crippen molar-refractivity contribution in [1.82, 2.24) is 34.9 Å². The summed E-state index contributed by atoms with van der Waals surface area (Å²) in [5.41, 5.74) is 20.0. The van der Waals surface area contributed by atoms with Crippen LogP contribution >= 0.6 is 0 Å². The quantitative estimate of drug-likeness (QED) is 0.121. The number of hydrogen-bond acceptors (Lipinski definition) is 7. The summed E-state index contributed by atoms with van der Waals surface area (Å²) in [4.78, 5) is 38.1. The van der Waals surface area contributed by atoms with Crippen molar-refractivity contribution < 1.29 is 0 Å². The average molecular weight is 1470 g/mol. The molecule has 116 heavy (non-hydrogen) atoms. The van der Waals surface area contributed by atoms with Crippen molar-refractivity contribution in [3.63, 3.8) is 0 Å². The fraction of sp³-hybridized carbons (Fsp3) is 0. The van der Waals surface area contributed by atoms with E-state index in [1.807, 2.05) is 73.4 Å². The molecule has 0 saturated carbocycles. The molecule has 24 aromatic rings. The Kier molecular flexibility index (Phi) is 16.1. The lowest BCUT2D eigenvalue weighted by Gasteiger charge is -2.16. The molecule has 0 aliphatic heterocycles. The van der Waals surface area contributed by atoms with Crippen LogP contribution < -0.4 is 0 Å². The summed E-state index contributed by atoms with van der Waals surface area (Å²) in [7, 11) is 0. The van der Waals surface area contributed by atoms with Crippen LogP contribution in [0.1, 0.15) is 0 Å². The average Bonchev–Trinajstić information content (AvgIpc) is 0.730. The summed E-state index contributed by atoms with van der Waals surface area (Å²) >= 11 is 0. The third-order valence-corrected chi connectivity index (χ3v) is 23.2. The molecular weight excluding hydrogens is 1410 g/mol. The second-order valence-electron chi connectivity index (χ2n) is 29.5. The van der Waals surface area contributed by atoms with Crippen LogP contribution in [0.4, 0.5) is 5.69 Å². The first-order chi connectivity index (χ1) is 57.5. The maximum absolute atomic E-state index is 7.31. The predicted molar refractivity (Wildman–Crippen MR) is 485 cm³/mol. The first kappa shape index (κ1) is 67.1. The van der Waals surface area contributed by atoms with Crippen molar-refractivity contribution in [1.29, 1.82) is 0 Å². The molecule has 0 aliphatic rings. The Labute approximate surface area is 666 Å². The smallest absolute Gasteiger partial charge is 0.187 e. The van der Waals surface area contributed by atoms with Gasteiger partial charge in [0.05, 0.1) is 56.8 Å². The van der Waals surface area contributed by atoms with Gasteiger partial charge in [0, 0.05) is 128 Å². The molecule has 0 N–H and O–H groups in total. The molecule has 8 nitrogen and oxygen atoms in total. The summed E-state index contributed by atoms with van der Waals surface area (Å²) in [6, 6.07) is 126. The maximum atomic E-state index is 7.31. The summed E-state index contributed by atoms with van der Waals surface area (Å²) in [6.45, 7) is 7.31. The van der Waals surface area contributed by atoms with Gasteiger partial charge in [-0.15, -0.1) is 0 Å². The van der Waals surface area contributed by atoms with Crippen molar-refractivity contribution in [2.24, 2.45) is 0 Å². The van der Waals surface area contributed by atoms with Gasteiger partial charge >= 0.3 is 0 Å². The lowest BCUT2D eigenvalue weighted by atomic mass is 9.90. The maximum Gasteiger partial charge on any atom is 0.187 e. The molecule has 536 valence electrons. The van der Waals surface area contributed by atoms with E-state index in [4.69, 9.17) is 36.5 Å². The standard InChI is InChI=1S/C37H21N3.C36H22N2.C35H21N3/c1-38-26-17-14-23(15-18-26)27-20-21-30(29-9-3-2-8-28(27)29)37-32-19-16-24-12-13-25-7-6-22-39-36(25)34(24)35(32)31-10-4-5-11-33(31)40-37;1-2-9-23(10-3-1)26-20-21-29(28-13-5-4-12-27(26)28)36-31-19-18-24-16-17-25-11-8-22-37-35(25)33(24)34(31)30-14-6-7-15-32(30)38-36;1-2-8-27-26(7-1)25(22-17-20-36-21-18-22)15-16-28(27)35-30-14-13-23-11-12-24-6-5-19-37-34(24)32(23)33(30)29-9-3-4-10-31(29)38-35/h2-22H;1-22H;1-21H. The number of aromatic nitrogens is 7. The van der Waals surface area contributed by atoms with Gasteiger partial charge in [0.1, 0.15) is 0 Å². The number of nitrogens with zero attached hydrogens (tertiary/aromatic N) is 8. The van der Waals surface area contributed by atoms with Gasteiger partial charge in [-0.3, -0.25) is 19.9 Å². The van der Waals surface area contributed by atoms with Gasteiger partial charge in [-0.2, -0.15) is 0 Å². The highest BCUT2D eigenvalue weighted by molar-refractivity contribution is 6.32. The van der Waals surface area contributed by atoms with Crippen LogP contribution in [0, 0.1) is 6.57 Å². The van der Waals surface area contributed by atoms with Gasteiger partial charge in [0.2, 0.25) is 0 Å². The number of hydrogen-bond donors (Lipinski definition) is 0. The highest BCUT2D eigenvalue weighted by atomic mass is 14.7. The Bertz CT molecular complexity index is 7910. The zero-order chi connectivity index (χ0) is 76.7. The van der Waals surface area contributed by atoms with Gasteiger partial charge in [-0.25, -0.2) is 19.8 Å². The van der Waals surface area contributed by atoms with Crippen LogP contribution in [0.5, 0.6) is 0 Å². The van der Waals surface area contributed by atoms with Crippen LogP contribution in [0.15, 0.2) is 389 Å². The fourth-order valence-electron chi connectivity index (χ4n) is 17.9. The summed E-state index contributed by atoms with van der Waals surface area (Å²) in [5, 5.41) is 28.0. The van der Waals surface area contributed by atoms with E-state index >= 15 is 0 Å². The summed E-state index contributed by atoms with van der Waals surface area (Å²) < 4.78 is 0. The largest absolute Gasteiger partial charge is 0.265 e. The van der Waals surface area contributed by atoms with E-state index in [2.05, 4.69) is 325 Å². The SMILES string of the molecule is [C-]#[N+]c1ccc(-c2ccc(-c3nc4ccccc4c4c3ccc3ccc5cccnc5c34)c3ccccc23)cc1.c1ccc(-c2ccc(-c3nc4ccccc4c4c3ccc3ccc5cccnc5c34)c3ccccc23)cc1.c1cnc2c(c1)ccc1ccc3c(-c4ccc(-c5ccncc5)c5ccccc45)nc4ccccc4c3c12. The molecular formula is C108H64N8. The molecule has 0 fully saturated rings. The molecule has 0 atom stereocenters. The molecule has 0 bridgehead atoms. The molecule has 8 heteroatoms. The van der Waals surface area contributed by atoms with Crippen LogP contribution in [-0.2, 0) is 0 Å². The molecule has 0 spiro atoms. The van der Waals surface area contributed by atoms with Crippen LogP contribution in [0.2, 0.25) is 0 Å². The van der Waals surface area contributed by atoms with E-state index in [1.54, 1.807) is 0 Å². The third kappa shape index (κ3) is 11.2. The minimum Gasteiger partial charge on any atom is -0.265 e. The molecule has 7 aromatic heterocycles. The van der Waals surface area contributed by atoms with Crippen molar-refractivity contribution in [2.75, 3.05) is 0 Å². The molecule has 0 aliphatic carbocycles. The second kappa shape index (κ2) is 27.9. The molecule has 0 amide bonds. The Balaban J connectivity index is 0.000000106. The Morgan fingerprint density at radius 1 is 0.190 bits per heavy atom. The van der Waals surface area contributed by atoms with E-state index < -0.39 is 0 Å². The molecule has 0 unspecified atom stereocenters. The number of fused-ring (bicyclic) bond motifs is 24. The Hall–Kier alpha value is -15.8. The molecule has 17 aromatic carbocycles. The van der Waals surface area contributed by atoms with E-state index in [-0.39, 0.29) is 0 Å². The van der Waals surface area contributed by atoms with E-state index in [0.29, 0.717) is 5.69 Å². The lowest BCUT2D eigenvalue weighted by molar-refractivity contribution is 1.33. The van der Waals surface area contributed by atoms with Gasteiger partial charge in [0.15, 0.2) is 5.69 Å². The van der Waals surface area contributed by atoms with Crippen LogP contribution in [0.25, 0.3) is 234 Å². The number of pyridine rings is 7. The van der Waals surface area contributed by atoms with Crippen LogP contribution in [-0.4, -0.2) is 34.9 Å². The van der Waals surface area contributed by atoms with Crippen LogP contribution in [0.3, 0.4) is 0 Å². The van der Waals surface area contributed by atoms with E-state index in [9.17, 15) is 0 Å². The van der Waals surface area contributed by atoms with Gasteiger partial charge in [-0.05, 0) is 130 Å². The molecule has 7 heterocycles. The van der Waals surface area contributed by atoms with E-state index in [1.165, 1.54) is 81.3 Å². The van der Waals surface area contributed by atoms with Gasteiger partial charge < -0.3 is 0 Å². The zero-order valence-corrected chi connectivity index (χ0v) is 62.5. The Morgan fingerprint density at radius 2 is 0.474 bits per heavy atom. The zero-order valence-electron chi connectivity index (χ0n) is 62.5. The van der Waals surface area contributed by atoms with Crippen molar-refractivity contribution in [3.05, 3.63) is 400 Å². The Morgan fingerprint density at radius 3 is 0.828 bits per heavy atom. The first-order valence-corrected chi connectivity index (χ1v) is 39.0. The third-order valence-electron chi connectivity index (χ3n) is 23.2. The predicted octanol–water partition coefficient (Wildman–Crippen LogP) is 28.7. The van der Waals surface area contributed by atoms with Crippen molar-refractivity contribution in [2.45, 2.75) is 0 Å². The summed E-state index contributed by atoms with van der Waals surface area (Å²) in [6.07, 6.45) is 9.35. The molecule has 24 rings (SSSR count). The topological polar surface area (TPSA) is 94.6 Å². The molecule has 0 saturated heterocycles. The van der Waals surface area contributed by atoms with Crippen molar-refractivity contribution >= 4 is 168 Å². The summed E-state index contributed by atoms with van der Waals surface area (Å²) in [5.74, 6) is 0. The normalized spacial score (nSPS) is 11.6. The van der Waals surface area contributed by atoms with Gasteiger partial charge in [0.25, 0.3) is 0 Å². The van der Waals surface area contributed by atoms with Gasteiger partial charge in [-0.1, -0.05) is 309 Å². The lowest BCUT2D eigenvalue weighted by Crippen LogP contribution is -1.93. The highest BCUT2D eigenvalue weighted by Gasteiger charge is 2.23. The first-order valence-electron chi connectivity index (χ1n) is 39.0. The second-order valence-corrected chi connectivity index (χ2v) is 29.5. The number of rotatable bonds is 6. The number of benzene rings is 17. The van der Waals surface area contributed by atoms with E-state index in [0.717, 1.165) is 148 Å².